The summed E-state index contributed by atoms with van der Waals surface area (Å²) in [5.41, 5.74) is 2.60. The van der Waals surface area contributed by atoms with E-state index < -0.39 is 5.97 Å². The van der Waals surface area contributed by atoms with Crippen LogP contribution >= 0.6 is 11.8 Å². The first kappa shape index (κ1) is 19.7. The van der Waals surface area contributed by atoms with E-state index >= 15 is 0 Å². The number of anilines is 1. The standard InChI is InChI=1S/C21H18FNO4S/c1-13-18(10-19(27-13)15-5-7-16(22)8-6-15)21(26)23-17-4-2-3-14(9-17)11-28-12-20(24)25/h2-10H,11-12H2,1H3,(H,23,26)(H,24,25). The van der Waals surface area contributed by atoms with E-state index in [2.05, 4.69) is 5.32 Å². The number of amides is 1. The van der Waals surface area contributed by atoms with E-state index in [0.29, 0.717) is 34.1 Å². The number of carbonyl (C=O) groups is 2. The van der Waals surface area contributed by atoms with Crippen LogP contribution in [-0.2, 0) is 10.5 Å². The Hall–Kier alpha value is -3.06. The zero-order chi connectivity index (χ0) is 20.1. The van der Waals surface area contributed by atoms with Crippen molar-refractivity contribution in [1.29, 1.82) is 0 Å². The molecule has 1 aromatic heterocycles. The number of halogens is 1. The zero-order valence-electron chi connectivity index (χ0n) is 15.1. The van der Waals surface area contributed by atoms with Crippen LogP contribution < -0.4 is 5.32 Å². The van der Waals surface area contributed by atoms with Gasteiger partial charge in [-0.1, -0.05) is 12.1 Å². The fraction of sp³-hybridized carbons (Fsp3) is 0.143. The van der Waals surface area contributed by atoms with E-state index in [1.54, 1.807) is 37.3 Å². The number of benzene rings is 2. The Morgan fingerprint density at radius 1 is 1.14 bits per heavy atom. The van der Waals surface area contributed by atoms with Gasteiger partial charge in [-0.15, -0.1) is 11.8 Å². The second-order valence-corrected chi connectivity index (χ2v) is 7.11. The lowest BCUT2D eigenvalue weighted by atomic mass is 10.1. The van der Waals surface area contributed by atoms with Gasteiger partial charge >= 0.3 is 5.97 Å². The summed E-state index contributed by atoms with van der Waals surface area (Å²) in [6, 6.07) is 14.7. The molecule has 0 aliphatic carbocycles. The third-order valence-corrected chi connectivity index (χ3v) is 4.96. The van der Waals surface area contributed by atoms with E-state index in [9.17, 15) is 14.0 Å². The summed E-state index contributed by atoms with van der Waals surface area (Å²) in [6.45, 7) is 1.70. The summed E-state index contributed by atoms with van der Waals surface area (Å²) in [6.07, 6.45) is 0. The number of carbonyl (C=O) groups excluding carboxylic acids is 1. The molecule has 0 aliphatic rings. The number of aliphatic carboxylic acids is 1. The van der Waals surface area contributed by atoms with Crippen molar-refractivity contribution in [2.75, 3.05) is 11.1 Å². The third-order valence-electron chi connectivity index (χ3n) is 3.97. The van der Waals surface area contributed by atoms with E-state index in [1.807, 2.05) is 12.1 Å². The van der Waals surface area contributed by atoms with Crippen LogP contribution in [0.15, 0.2) is 59.0 Å². The van der Waals surface area contributed by atoms with Crippen LogP contribution in [-0.4, -0.2) is 22.7 Å². The number of aryl methyl sites for hydroxylation is 1. The first-order valence-electron chi connectivity index (χ1n) is 8.48. The molecule has 0 radical (unpaired) electrons. The van der Waals surface area contributed by atoms with Crippen molar-refractivity contribution in [3.8, 4) is 11.3 Å². The quantitative estimate of drug-likeness (QED) is 0.587. The fourth-order valence-corrected chi connectivity index (χ4v) is 3.35. The summed E-state index contributed by atoms with van der Waals surface area (Å²) in [4.78, 5) is 23.2. The summed E-state index contributed by atoms with van der Waals surface area (Å²) in [5, 5.41) is 11.5. The second-order valence-electron chi connectivity index (χ2n) is 6.13. The number of carboxylic acids is 1. The molecule has 0 aliphatic heterocycles. The highest BCUT2D eigenvalue weighted by atomic mass is 32.2. The molecule has 0 spiro atoms. The van der Waals surface area contributed by atoms with Gasteiger partial charge in [0.25, 0.3) is 5.91 Å². The van der Waals surface area contributed by atoms with Crippen LogP contribution in [0.2, 0.25) is 0 Å². The molecule has 0 saturated carbocycles. The molecule has 0 saturated heterocycles. The first-order chi connectivity index (χ1) is 13.4. The normalized spacial score (nSPS) is 10.6. The minimum Gasteiger partial charge on any atom is -0.481 e. The van der Waals surface area contributed by atoms with Gasteiger partial charge in [0.15, 0.2) is 0 Å². The molecule has 0 atom stereocenters. The second kappa shape index (κ2) is 8.75. The van der Waals surface area contributed by atoms with Gasteiger partial charge in [0.1, 0.15) is 17.3 Å². The van der Waals surface area contributed by atoms with Crippen LogP contribution in [0.25, 0.3) is 11.3 Å². The van der Waals surface area contributed by atoms with Gasteiger partial charge in [-0.05, 0) is 55.0 Å². The lowest BCUT2D eigenvalue weighted by molar-refractivity contribution is -0.133. The molecule has 144 valence electrons. The lowest BCUT2D eigenvalue weighted by Crippen LogP contribution is -2.12. The third kappa shape index (κ3) is 5.01. The van der Waals surface area contributed by atoms with Gasteiger partial charge in [-0.25, -0.2) is 4.39 Å². The molecular formula is C21H18FNO4S. The topological polar surface area (TPSA) is 79.5 Å². The molecule has 7 heteroatoms. The van der Waals surface area contributed by atoms with E-state index in [-0.39, 0.29) is 17.5 Å². The van der Waals surface area contributed by atoms with Crippen molar-refractivity contribution in [2.45, 2.75) is 12.7 Å². The highest BCUT2D eigenvalue weighted by Gasteiger charge is 2.16. The van der Waals surface area contributed by atoms with Gasteiger partial charge in [0, 0.05) is 17.0 Å². The van der Waals surface area contributed by atoms with Crippen LogP contribution in [0.4, 0.5) is 10.1 Å². The Morgan fingerprint density at radius 3 is 2.61 bits per heavy atom. The predicted molar refractivity (Wildman–Crippen MR) is 107 cm³/mol. The molecule has 0 bridgehead atoms. The van der Waals surface area contributed by atoms with Gasteiger partial charge in [0.2, 0.25) is 0 Å². The maximum absolute atomic E-state index is 13.1. The van der Waals surface area contributed by atoms with Crippen LogP contribution in [0, 0.1) is 12.7 Å². The molecule has 5 nitrogen and oxygen atoms in total. The number of furan rings is 1. The highest BCUT2D eigenvalue weighted by Crippen LogP contribution is 2.26. The minimum absolute atomic E-state index is 0.0248. The average molecular weight is 399 g/mol. The number of carboxylic acid groups (broad SMARTS) is 1. The van der Waals surface area contributed by atoms with Crippen molar-refractivity contribution in [2.24, 2.45) is 0 Å². The molecule has 3 aromatic rings. The summed E-state index contributed by atoms with van der Waals surface area (Å²) < 4.78 is 18.7. The largest absolute Gasteiger partial charge is 0.481 e. The maximum atomic E-state index is 13.1. The van der Waals surface area contributed by atoms with E-state index in [1.165, 1.54) is 23.9 Å². The molecular weight excluding hydrogens is 381 g/mol. The molecule has 1 heterocycles. The lowest BCUT2D eigenvalue weighted by Gasteiger charge is -2.06. The van der Waals surface area contributed by atoms with Crippen molar-refractivity contribution in [3.05, 3.63) is 77.3 Å². The zero-order valence-corrected chi connectivity index (χ0v) is 15.9. The Kier molecular flexibility index (Phi) is 6.16. The monoisotopic (exact) mass is 399 g/mol. The Balaban J connectivity index is 1.71. The van der Waals surface area contributed by atoms with Crippen LogP contribution in [0.3, 0.4) is 0 Å². The van der Waals surface area contributed by atoms with Gasteiger partial charge in [-0.2, -0.15) is 0 Å². The Labute approximate surface area is 165 Å². The molecule has 28 heavy (non-hydrogen) atoms. The molecule has 0 unspecified atom stereocenters. The number of hydrogen-bond donors (Lipinski definition) is 2. The Morgan fingerprint density at radius 2 is 1.89 bits per heavy atom. The van der Waals surface area contributed by atoms with Gasteiger partial charge in [0.05, 0.1) is 11.3 Å². The van der Waals surface area contributed by atoms with Crippen LogP contribution in [0.5, 0.6) is 0 Å². The summed E-state index contributed by atoms with van der Waals surface area (Å²) in [7, 11) is 0. The molecule has 0 fully saturated rings. The average Bonchev–Trinajstić information content (AvgIpc) is 3.04. The van der Waals surface area contributed by atoms with Gasteiger partial charge < -0.3 is 14.8 Å². The number of nitrogens with one attached hydrogen (secondary N) is 1. The minimum atomic E-state index is -0.859. The highest BCUT2D eigenvalue weighted by molar-refractivity contribution is 7.99. The number of rotatable bonds is 7. The van der Waals surface area contributed by atoms with Crippen molar-refractivity contribution >= 4 is 29.3 Å². The molecule has 3 rings (SSSR count). The molecule has 2 N–H and O–H groups in total. The molecule has 1 amide bonds. The van der Waals surface area contributed by atoms with Gasteiger partial charge in [-0.3, -0.25) is 9.59 Å². The van der Waals surface area contributed by atoms with E-state index in [4.69, 9.17) is 9.52 Å². The van der Waals surface area contributed by atoms with Crippen molar-refractivity contribution < 1.29 is 23.5 Å². The first-order valence-corrected chi connectivity index (χ1v) is 9.64. The summed E-state index contributed by atoms with van der Waals surface area (Å²) >= 11 is 1.29. The molecule has 2 aromatic carbocycles. The smallest absolute Gasteiger partial charge is 0.313 e. The van der Waals surface area contributed by atoms with Crippen molar-refractivity contribution in [3.63, 3.8) is 0 Å². The Bertz CT molecular complexity index is 998. The van der Waals surface area contributed by atoms with Crippen molar-refractivity contribution in [1.82, 2.24) is 0 Å². The number of hydrogen-bond acceptors (Lipinski definition) is 4. The predicted octanol–water partition coefficient (Wildman–Crippen LogP) is 4.96. The fourth-order valence-electron chi connectivity index (χ4n) is 2.66. The summed E-state index contributed by atoms with van der Waals surface area (Å²) in [5.74, 6) is -0.00320. The SMILES string of the molecule is Cc1oc(-c2ccc(F)cc2)cc1C(=O)Nc1cccc(CSCC(=O)O)c1. The maximum Gasteiger partial charge on any atom is 0.313 e. The number of thioether (sulfide) groups is 1. The van der Waals surface area contributed by atoms with E-state index in [0.717, 1.165) is 5.56 Å². The van der Waals surface area contributed by atoms with Crippen LogP contribution in [0.1, 0.15) is 21.7 Å².